The topological polar surface area (TPSA) is 15.3 Å². The van der Waals surface area contributed by atoms with Crippen molar-refractivity contribution in [3.8, 4) is 0 Å². The Bertz CT molecular complexity index is 202. The molecule has 2 heterocycles. The fraction of sp³-hybridized carbons (Fsp3) is 0.833. The molecule has 2 rings (SSSR count). The molecule has 1 N–H and O–H groups in total. The Balaban J connectivity index is 1.77. The molecule has 2 aliphatic rings. The van der Waals surface area contributed by atoms with Crippen LogP contribution in [0.25, 0.3) is 0 Å². The average Bonchev–Trinajstić information content (AvgIpc) is 2.23. The zero-order chi connectivity index (χ0) is 9.80. The predicted molar refractivity (Wildman–Crippen MR) is 60.4 cm³/mol. The lowest BCUT2D eigenvalue weighted by Gasteiger charge is -2.31. The highest BCUT2D eigenvalue weighted by Crippen LogP contribution is 2.17. The molecule has 1 saturated heterocycles. The molecule has 0 amide bonds. The lowest BCUT2D eigenvalue weighted by atomic mass is 9.98. The van der Waals surface area contributed by atoms with Crippen LogP contribution in [0.5, 0.6) is 0 Å². The van der Waals surface area contributed by atoms with Crippen LogP contribution in [0, 0.1) is 5.92 Å². The summed E-state index contributed by atoms with van der Waals surface area (Å²) in [5.41, 5.74) is 1.65. The maximum absolute atomic E-state index is 3.36. The minimum atomic E-state index is 0.952. The molecule has 0 unspecified atom stereocenters. The van der Waals surface area contributed by atoms with Gasteiger partial charge in [-0.25, -0.2) is 0 Å². The molecular weight excluding hydrogens is 172 g/mol. The van der Waals surface area contributed by atoms with Gasteiger partial charge in [0.25, 0.3) is 0 Å². The van der Waals surface area contributed by atoms with Crippen molar-refractivity contribution < 1.29 is 0 Å². The Morgan fingerprint density at radius 1 is 1.43 bits per heavy atom. The van der Waals surface area contributed by atoms with Gasteiger partial charge in [-0.05, 0) is 44.8 Å². The number of hydrogen-bond donors (Lipinski definition) is 1. The van der Waals surface area contributed by atoms with E-state index >= 15 is 0 Å². The third-order valence-electron chi connectivity index (χ3n) is 3.46. The van der Waals surface area contributed by atoms with Gasteiger partial charge in [-0.15, -0.1) is 0 Å². The molecule has 0 aromatic heterocycles. The molecule has 0 aliphatic carbocycles. The minimum Gasteiger partial charge on any atom is -0.313 e. The maximum Gasteiger partial charge on any atom is 0.0193 e. The van der Waals surface area contributed by atoms with Crippen molar-refractivity contribution in [1.29, 1.82) is 0 Å². The van der Waals surface area contributed by atoms with Gasteiger partial charge < -0.3 is 5.32 Å². The number of hydrogen-bond acceptors (Lipinski definition) is 2. The fourth-order valence-electron chi connectivity index (χ4n) is 2.32. The highest BCUT2D eigenvalue weighted by molar-refractivity contribution is 5.09. The molecule has 0 aromatic carbocycles. The van der Waals surface area contributed by atoms with Gasteiger partial charge in [0.05, 0.1) is 0 Å². The Morgan fingerprint density at radius 2 is 2.21 bits per heavy atom. The van der Waals surface area contributed by atoms with Crippen LogP contribution in [0.4, 0.5) is 0 Å². The smallest absolute Gasteiger partial charge is 0.0193 e. The largest absolute Gasteiger partial charge is 0.313 e. The summed E-state index contributed by atoms with van der Waals surface area (Å²) in [4.78, 5) is 2.62. The van der Waals surface area contributed by atoms with E-state index in [1.165, 1.54) is 45.4 Å². The Morgan fingerprint density at radius 3 is 2.86 bits per heavy atom. The van der Waals surface area contributed by atoms with Crippen molar-refractivity contribution in [2.24, 2.45) is 5.92 Å². The number of piperidine rings is 1. The van der Waals surface area contributed by atoms with Crippen LogP contribution in [-0.2, 0) is 0 Å². The summed E-state index contributed by atoms with van der Waals surface area (Å²) in [6.45, 7) is 8.49. The summed E-state index contributed by atoms with van der Waals surface area (Å²) in [5.74, 6) is 0.952. The third kappa shape index (κ3) is 2.82. The normalized spacial score (nSPS) is 26.2. The van der Waals surface area contributed by atoms with Gasteiger partial charge in [0.2, 0.25) is 0 Å². The average molecular weight is 194 g/mol. The van der Waals surface area contributed by atoms with Crippen molar-refractivity contribution in [2.45, 2.75) is 26.2 Å². The van der Waals surface area contributed by atoms with Gasteiger partial charge in [0, 0.05) is 13.1 Å². The van der Waals surface area contributed by atoms with Gasteiger partial charge in [-0.2, -0.15) is 0 Å². The van der Waals surface area contributed by atoms with E-state index in [4.69, 9.17) is 0 Å². The summed E-state index contributed by atoms with van der Waals surface area (Å²) < 4.78 is 0. The van der Waals surface area contributed by atoms with Gasteiger partial charge in [0.15, 0.2) is 0 Å². The molecule has 0 bridgehead atoms. The Kier molecular flexibility index (Phi) is 3.60. The van der Waals surface area contributed by atoms with Crippen molar-refractivity contribution in [2.75, 3.05) is 32.7 Å². The van der Waals surface area contributed by atoms with E-state index in [9.17, 15) is 0 Å². The van der Waals surface area contributed by atoms with E-state index < -0.39 is 0 Å². The van der Waals surface area contributed by atoms with Crippen LogP contribution in [0.3, 0.4) is 0 Å². The molecule has 2 heteroatoms. The SMILES string of the molecule is CC1CCN(CC2=CCNCC2)CC1. The first-order valence-electron chi connectivity index (χ1n) is 5.95. The monoisotopic (exact) mass is 194 g/mol. The molecule has 1 fully saturated rings. The van der Waals surface area contributed by atoms with Gasteiger partial charge in [-0.1, -0.05) is 18.6 Å². The minimum absolute atomic E-state index is 0.952. The lowest BCUT2D eigenvalue weighted by molar-refractivity contribution is 0.204. The molecule has 0 aromatic rings. The van der Waals surface area contributed by atoms with Crippen LogP contribution < -0.4 is 5.32 Å². The lowest BCUT2D eigenvalue weighted by Crippen LogP contribution is -2.35. The zero-order valence-corrected chi connectivity index (χ0v) is 9.26. The standard InChI is InChI=1S/C12H22N2/c1-11-4-8-14(9-5-11)10-12-2-6-13-7-3-12/h2,11,13H,3-10H2,1H3. The molecule has 2 nitrogen and oxygen atoms in total. The quantitative estimate of drug-likeness (QED) is 0.672. The summed E-state index contributed by atoms with van der Waals surface area (Å²) >= 11 is 0. The molecule has 2 aliphatic heterocycles. The van der Waals surface area contributed by atoms with E-state index in [1.807, 2.05) is 0 Å². The molecule has 80 valence electrons. The predicted octanol–water partition coefficient (Wildman–Crippen LogP) is 1.64. The second-order valence-electron chi connectivity index (χ2n) is 4.78. The molecule has 0 atom stereocenters. The highest BCUT2D eigenvalue weighted by Gasteiger charge is 2.16. The van der Waals surface area contributed by atoms with E-state index in [2.05, 4.69) is 23.2 Å². The van der Waals surface area contributed by atoms with Gasteiger partial charge in [0.1, 0.15) is 0 Å². The number of rotatable bonds is 2. The van der Waals surface area contributed by atoms with Gasteiger partial charge >= 0.3 is 0 Å². The van der Waals surface area contributed by atoms with E-state index in [0.29, 0.717) is 0 Å². The first kappa shape index (κ1) is 10.2. The van der Waals surface area contributed by atoms with Crippen LogP contribution in [-0.4, -0.2) is 37.6 Å². The van der Waals surface area contributed by atoms with Crippen molar-refractivity contribution in [3.05, 3.63) is 11.6 Å². The highest BCUT2D eigenvalue weighted by atomic mass is 15.1. The van der Waals surface area contributed by atoms with Crippen molar-refractivity contribution in [1.82, 2.24) is 10.2 Å². The third-order valence-corrected chi connectivity index (χ3v) is 3.46. The zero-order valence-electron chi connectivity index (χ0n) is 9.26. The number of nitrogens with one attached hydrogen (secondary N) is 1. The summed E-state index contributed by atoms with van der Waals surface area (Å²) in [6, 6.07) is 0. The summed E-state index contributed by atoms with van der Waals surface area (Å²) in [6.07, 6.45) is 6.42. The summed E-state index contributed by atoms with van der Waals surface area (Å²) in [7, 11) is 0. The van der Waals surface area contributed by atoms with Crippen molar-refractivity contribution >= 4 is 0 Å². The number of likely N-dealkylation sites (tertiary alicyclic amines) is 1. The molecule has 0 radical (unpaired) electrons. The molecule has 14 heavy (non-hydrogen) atoms. The maximum atomic E-state index is 3.36. The van der Waals surface area contributed by atoms with Gasteiger partial charge in [-0.3, -0.25) is 4.90 Å². The van der Waals surface area contributed by atoms with E-state index in [1.54, 1.807) is 5.57 Å². The second kappa shape index (κ2) is 4.94. The van der Waals surface area contributed by atoms with E-state index in [0.717, 1.165) is 12.5 Å². The molecular formula is C12H22N2. The Hall–Kier alpha value is -0.340. The first-order valence-corrected chi connectivity index (χ1v) is 5.95. The van der Waals surface area contributed by atoms with Crippen LogP contribution in [0.1, 0.15) is 26.2 Å². The summed E-state index contributed by atoms with van der Waals surface area (Å²) in [5, 5.41) is 3.36. The Labute approximate surface area is 87.4 Å². The fourth-order valence-corrected chi connectivity index (χ4v) is 2.32. The van der Waals surface area contributed by atoms with Crippen LogP contribution in [0.15, 0.2) is 11.6 Å². The van der Waals surface area contributed by atoms with Crippen LogP contribution in [0.2, 0.25) is 0 Å². The molecule has 0 saturated carbocycles. The number of nitrogens with zero attached hydrogens (tertiary/aromatic N) is 1. The van der Waals surface area contributed by atoms with E-state index in [-0.39, 0.29) is 0 Å². The van der Waals surface area contributed by atoms with Crippen LogP contribution >= 0.6 is 0 Å². The first-order chi connectivity index (χ1) is 6.84. The second-order valence-corrected chi connectivity index (χ2v) is 4.78. The van der Waals surface area contributed by atoms with Crippen molar-refractivity contribution in [3.63, 3.8) is 0 Å². The molecule has 0 spiro atoms.